The second-order valence-corrected chi connectivity index (χ2v) is 8.22. The minimum atomic E-state index is 0.362. The number of carbonyl (C=O) groups excluding carboxylic acids is 1. The molecule has 0 N–H and O–H groups in total. The van der Waals surface area contributed by atoms with E-state index in [4.69, 9.17) is 9.47 Å². The lowest BCUT2D eigenvalue weighted by Crippen LogP contribution is -2.06. The second-order valence-electron chi connectivity index (χ2n) is 6.16. The molecule has 2 aromatic heterocycles. The van der Waals surface area contributed by atoms with Crippen molar-refractivity contribution in [1.82, 2.24) is 19.7 Å². The molecule has 30 heavy (non-hydrogen) atoms. The molecule has 0 radical (unpaired) electrons. The van der Waals surface area contributed by atoms with E-state index in [1.165, 1.54) is 18.2 Å². The van der Waals surface area contributed by atoms with Crippen LogP contribution in [0.2, 0.25) is 0 Å². The van der Waals surface area contributed by atoms with Crippen LogP contribution in [0.4, 0.5) is 0 Å². The van der Waals surface area contributed by atoms with Gasteiger partial charge < -0.3 is 9.47 Å². The number of ether oxygens (including phenoxy) is 2. The van der Waals surface area contributed by atoms with Crippen molar-refractivity contribution in [2.75, 3.05) is 24.7 Å². The molecule has 0 amide bonds. The van der Waals surface area contributed by atoms with Crippen molar-refractivity contribution in [3.63, 3.8) is 0 Å². The summed E-state index contributed by atoms with van der Waals surface area (Å²) in [6.45, 7) is 5.03. The first-order valence-corrected chi connectivity index (χ1v) is 11.9. The Morgan fingerprint density at radius 2 is 1.93 bits per heavy atom. The zero-order valence-corrected chi connectivity index (χ0v) is 18.7. The van der Waals surface area contributed by atoms with Gasteiger partial charge in [0, 0.05) is 5.75 Å². The lowest BCUT2D eigenvalue weighted by molar-refractivity contribution is 0.322. The highest BCUT2D eigenvalue weighted by atomic mass is 32.2. The number of rotatable bonds is 12. The first-order valence-electron chi connectivity index (χ1n) is 9.84. The summed E-state index contributed by atoms with van der Waals surface area (Å²) in [6, 6.07) is 9.73. The van der Waals surface area contributed by atoms with E-state index >= 15 is 0 Å². The molecule has 0 saturated heterocycles. The van der Waals surface area contributed by atoms with Gasteiger partial charge in [-0.1, -0.05) is 31.5 Å². The van der Waals surface area contributed by atoms with E-state index in [-0.39, 0.29) is 0 Å². The summed E-state index contributed by atoms with van der Waals surface area (Å²) in [6.07, 6.45) is 2.39. The van der Waals surface area contributed by atoms with Crippen LogP contribution in [0.15, 0.2) is 40.9 Å². The van der Waals surface area contributed by atoms with Gasteiger partial charge in [-0.05, 0) is 43.0 Å². The molecule has 3 aromatic rings. The molecule has 0 aliphatic heterocycles. The predicted octanol–water partition coefficient (Wildman–Crippen LogP) is 4.56. The van der Waals surface area contributed by atoms with Crippen LogP contribution < -0.4 is 9.47 Å². The molecule has 3 rings (SSSR count). The number of unbranched alkanes of at least 4 members (excludes halogenated alkanes) is 1. The van der Waals surface area contributed by atoms with Gasteiger partial charge in [0.15, 0.2) is 16.2 Å². The lowest BCUT2D eigenvalue weighted by Gasteiger charge is -2.09. The molecule has 1 aromatic carbocycles. The van der Waals surface area contributed by atoms with E-state index in [0.29, 0.717) is 41.2 Å². The standard InChI is InChI=1S/C21H24N4O3S2/c1-3-5-13-29-15-12-28-20-18-17(24-25(20)16-9-7-6-8-10-16)19(27-4-2)23-21(22-18)30-14-11-26/h6-10,14H,3-5,12-13,15H2,1-2H3. The third kappa shape index (κ3) is 5.56. The Balaban J connectivity index is 2.01. The third-order valence-electron chi connectivity index (χ3n) is 4.03. The zero-order chi connectivity index (χ0) is 21.2. The van der Waals surface area contributed by atoms with Gasteiger partial charge >= 0.3 is 0 Å². The summed E-state index contributed by atoms with van der Waals surface area (Å²) in [5, 5.41) is 6.34. The fraction of sp³-hybridized carbons (Fsp3) is 0.381. The summed E-state index contributed by atoms with van der Waals surface area (Å²) in [5.74, 6) is 4.62. The maximum atomic E-state index is 10.6. The van der Waals surface area contributed by atoms with Crippen molar-refractivity contribution < 1.29 is 14.3 Å². The Bertz CT molecular complexity index is 1000. The lowest BCUT2D eigenvalue weighted by atomic mass is 10.3. The maximum absolute atomic E-state index is 10.6. The first kappa shape index (κ1) is 22.2. The Hall–Kier alpha value is -2.48. The van der Waals surface area contributed by atoms with Crippen LogP contribution in [-0.2, 0) is 4.79 Å². The van der Waals surface area contributed by atoms with Crippen LogP contribution >= 0.6 is 23.5 Å². The molecule has 2 heterocycles. The quantitative estimate of drug-likeness (QED) is 0.174. The molecule has 0 aliphatic rings. The normalized spacial score (nSPS) is 10.7. The molecule has 158 valence electrons. The molecule has 9 heteroatoms. The van der Waals surface area contributed by atoms with Crippen molar-refractivity contribution in [1.29, 1.82) is 0 Å². The maximum Gasteiger partial charge on any atom is 0.246 e. The van der Waals surface area contributed by atoms with E-state index in [9.17, 15) is 4.79 Å². The number of benzene rings is 1. The van der Waals surface area contributed by atoms with E-state index in [2.05, 4.69) is 22.0 Å². The largest absolute Gasteiger partial charge is 0.476 e. The van der Waals surface area contributed by atoms with Crippen LogP contribution in [0, 0.1) is 0 Å². The average Bonchev–Trinajstić information content (AvgIpc) is 3.14. The molecule has 7 nitrogen and oxygen atoms in total. The summed E-state index contributed by atoms with van der Waals surface area (Å²) in [7, 11) is 0. The molecule has 0 unspecified atom stereocenters. The van der Waals surface area contributed by atoms with Gasteiger partial charge in [0.2, 0.25) is 11.8 Å². The van der Waals surface area contributed by atoms with Crippen molar-refractivity contribution in [3.8, 4) is 17.4 Å². The number of hydrogen-bond donors (Lipinski definition) is 0. The van der Waals surface area contributed by atoms with Crippen LogP contribution in [0.5, 0.6) is 11.8 Å². The SMILES string of the molecule is CCCCSCCOc1c2nc(SC=C=O)nc(OCC)c2nn1-c1ccccc1. The van der Waals surface area contributed by atoms with Crippen molar-refractivity contribution in [3.05, 3.63) is 35.7 Å². The van der Waals surface area contributed by atoms with E-state index in [0.717, 1.165) is 29.0 Å². The Morgan fingerprint density at radius 1 is 1.10 bits per heavy atom. The average molecular weight is 445 g/mol. The molecular formula is C21H24N4O3S2. The molecule has 0 fully saturated rings. The monoisotopic (exact) mass is 444 g/mol. The number of nitrogens with zero attached hydrogens (tertiary/aromatic N) is 4. The number of aromatic nitrogens is 4. The van der Waals surface area contributed by atoms with E-state index < -0.39 is 0 Å². The highest BCUT2D eigenvalue weighted by molar-refractivity contribution is 8.02. The Morgan fingerprint density at radius 3 is 2.67 bits per heavy atom. The third-order valence-corrected chi connectivity index (χ3v) is 5.67. The number of hydrogen-bond acceptors (Lipinski definition) is 8. The van der Waals surface area contributed by atoms with Gasteiger partial charge in [-0.15, -0.1) is 0 Å². The molecule has 0 saturated carbocycles. The minimum absolute atomic E-state index is 0.362. The summed E-state index contributed by atoms with van der Waals surface area (Å²) in [4.78, 5) is 19.6. The van der Waals surface area contributed by atoms with Crippen LogP contribution in [0.1, 0.15) is 26.7 Å². The summed E-state index contributed by atoms with van der Waals surface area (Å²) >= 11 is 2.95. The highest BCUT2D eigenvalue weighted by Crippen LogP contribution is 2.33. The molecular weight excluding hydrogens is 420 g/mol. The number of fused-ring (bicyclic) bond motifs is 1. The zero-order valence-electron chi connectivity index (χ0n) is 17.0. The van der Waals surface area contributed by atoms with Crippen molar-refractivity contribution in [2.45, 2.75) is 31.8 Å². The Kier molecular flexibility index (Phi) is 8.62. The molecule has 0 spiro atoms. The predicted molar refractivity (Wildman–Crippen MR) is 122 cm³/mol. The van der Waals surface area contributed by atoms with Crippen LogP contribution in [-0.4, -0.2) is 50.4 Å². The number of thioether (sulfide) groups is 2. The smallest absolute Gasteiger partial charge is 0.246 e. The fourth-order valence-corrected chi connectivity index (χ4v) is 4.02. The summed E-state index contributed by atoms with van der Waals surface area (Å²) in [5.41, 5.74) is 1.93. The molecule has 0 atom stereocenters. The van der Waals surface area contributed by atoms with Crippen molar-refractivity contribution in [2.24, 2.45) is 0 Å². The van der Waals surface area contributed by atoms with Crippen LogP contribution in [0.25, 0.3) is 16.7 Å². The topological polar surface area (TPSA) is 79.1 Å². The van der Waals surface area contributed by atoms with Crippen LogP contribution in [0.3, 0.4) is 0 Å². The number of para-hydroxylation sites is 1. The van der Waals surface area contributed by atoms with Gasteiger partial charge in [0.1, 0.15) is 5.94 Å². The van der Waals surface area contributed by atoms with Gasteiger partial charge in [0.25, 0.3) is 0 Å². The Labute approximate surface area is 184 Å². The van der Waals surface area contributed by atoms with E-state index in [1.807, 2.05) is 49.0 Å². The van der Waals surface area contributed by atoms with Gasteiger partial charge in [-0.3, -0.25) is 0 Å². The fourth-order valence-electron chi connectivity index (χ4n) is 2.69. The molecule has 0 bridgehead atoms. The van der Waals surface area contributed by atoms with Gasteiger partial charge in [-0.2, -0.15) is 26.5 Å². The summed E-state index contributed by atoms with van der Waals surface area (Å²) < 4.78 is 13.6. The van der Waals surface area contributed by atoms with E-state index in [1.54, 1.807) is 10.6 Å². The van der Waals surface area contributed by atoms with Gasteiger partial charge in [0.05, 0.1) is 24.3 Å². The highest BCUT2D eigenvalue weighted by Gasteiger charge is 2.21. The first-order chi connectivity index (χ1) is 14.8. The molecule has 0 aliphatic carbocycles. The minimum Gasteiger partial charge on any atom is -0.476 e. The second kappa shape index (κ2) is 11.6. The van der Waals surface area contributed by atoms with Crippen molar-refractivity contribution >= 4 is 40.5 Å². The van der Waals surface area contributed by atoms with Gasteiger partial charge in [-0.25, -0.2) is 9.78 Å².